The predicted octanol–water partition coefficient (Wildman–Crippen LogP) is -3.54. The summed E-state index contributed by atoms with van der Waals surface area (Å²) in [4.78, 5) is 10.3. The smallest absolute Gasteiger partial charge is 0.317 e. The molecule has 16 heavy (non-hydrogen) atoms. The second-order valence-corrected chi connectivity index (χ2v) is 3.52. The van der Waals surface area contributed by atoms with Crippen LogP contribution in [0.15, 0.2) is 0 Å². The lowest BCUT2D eigenvalue weighted by atomic mass is 9.98. The Kier molecular flexibility index (Phi) is 4.59. The highest BCUT2D eigenvalue weighted by molar-refractivity contribution is 5.69. The van der Waals surface area contributed by atoms with Crippen LogP contribution < -0.4 is 5.32 Å². The number of carboxylic acids is 1. The normalized spacial score (nSPS) is 39.6. The Bertz CT molecular complexity index is 247. The molecule has 94 valence electrons. The van der Waals surface area contributed by atoms with E-state index < -0.39 is 49.8 Å². The van der Waals surface area contributed by atoms with E-state index in [0.29, 0.717) is 0 Å². The third kappa shape index (κ3) is 2.88. The van der Waals surface area contributed by atoms with E-state index in [9.17, 15) is 20.1 Å². The number of aliphatic carboxylic acids is 1. The van der Waals surface area contributed by atoms with Gasteiger partial charge in [-0.15, -0.1) is 0 Å². The summed E-state index contributed by atoms with van der Waals surface area (Å²) in [5, 5.41) is 47.8. The van der Waals surface area contributed by atoms with Gasteiger partial charge in [0.15, 0.2) is 0 Å². The fraction of sp³-hybridized carbons (Fsp3) is 0.875. The average Bonchev–Trinajstić information content (AvgIpc) is 2.25. The van der Waals surface area contributed by atoms with E-state index in [4.69, 9.17) is 14.9 Å². The van der Waals surface area contributed by atoms with Crippen molar-refractivity contribution in [2.24, 2.45) is 0 Å². The van der Waals surface area contributed by atoms with Gasteiger partial charge in [0.2, 0.25) is 0 Å². The molecule has 0 aliphatic carbocycles. The molecule has 1 aliphatic heterocycles. The molecule has 1 rings (SSSR count). The molecule has 0 amide bonds. The summed E-state index contributed by atoms with van der Waals surface area (Å²) in [6.07, 6.45) is -6.59. The maximum Gasteiger partial charge on any atom is 0.317 e. The van der Waals surface area contributed by atoms with Gasteiger partial charge in [-0.05, 0) is 0 Å². The molecule has 1 saturated heterocycles. The molecule has 0 bridgehead atoms. The highest BCUT2D eigenvalue weighted by Gasteiger charge is 2.43. The zero-order chi connectivity index (χ0) is 12.3. The van der Waals surface area contributed by atoms with Crippen molar-refractivity contribution in [3.05, 3.63) is 0 Å². The van der Waals surface area contributed by atoms with E-state index in [1.165, 1.54) is 0 Å². The Morgan fingerprint density at radius 1 is 1.19 bits per heavy atom. The van der Waals surface area contributed by atoms with Crippen LogP contribution in [0, 0.1) is 0 Å². The molecule has 6 N–H and O–H groups in total. The first-order chi connectivity index (χ1) is 7.47. The quantitative estimate of drug-likeness (QED) is 0.295. The third-order valence-corrected chi connectivity index (χ3v) is 2.35. The second-order valence-electron chi connectivity index (χ2n) is 3.52. The van der Waals surface area contributed by atoms with Crippen LogP contribution in [0.1, 0.15) is 0 Å². The van der Waals surface area contributed by atoms with Crippen molar-refractivity contribution < 1.29 is 35.1 Å². The number of nitrogens with one attached hydrogen (secondary N) is 1. The molecule has 0 saturated carbocycles. The summed E-state index contributed by atoms with van der Waals surface area (Å²) < 4.78 is 5.00. The first kappa shape index (κ1) is 13.3. The van der Waals surface area contributed by atoms with Gasteiger partial charge in [0.25, 0.3) is 0 Å². The summed E-state index contributed by atoms with van der Waals surface area (Å²) in [7, 11) is 0. The lowest BCUT2D eigenvalue weighted by Gasteiger charge is -2.40. The standard InChI is InChI=1S/C8H15NO7/c10-2-3-5(13)6(14)7(15)8(16-3)9-1-4(11)12/h3,5-10,13-15H,1-2H2,(H,11,12)/t3-,5-,6+,7-,8?/m1/s1. The van der Waals surface area contributed by atoms with Crippen molar-refractivity contribution in [1.29, 1.82) is 0 Å². The summed E-state index contributed by atoms with van der Waals surface area (Å²) in [5.74, 6) is -1.16. The third-order valence-electron chi connectivity index (χ3n) is 2.35. The Labute approximate surface area is 91.1 Å². The lowest BCUT2D eigenvalue weighted by molar-refractivity contribution is -0.236. The highest BCUT2D eigenvalue weighted by atomic mass is 16.6. The maximum absolute atomic E-state index is 10.3. The van der Waals surface area contributed by atoms with Crippen molar-refractivity contribution in [2.75, 3.05) is 13.2 Å². The minimum absolute atomic E-state index is 0.470. The summed E-state index contributed by atoms with van der Waals surface area (Å²) in [6.45, 7) is -1.01. The Morgan fingerprint density at radius 3 is 2.31 bits per heavy atom. The number of rotatable bonds is 4. The maximum atomic E-state index is 10.3. The molecule has 0 aromatic heterocycles. The van der Waals surface area contributed by atoms with Gasteiger partial charge in [-0.25, -0.2) is 0 Å². The van der Waals surface area contributed by atoms with Crippen LogP contribution in [0.5, 0.6) is 0 Å². The van der Waals surface area contributed by atoms with Crippen molar-refractivity contribution in [3.63, 3.8) is 0 Å². The highest BCUT2D eigenvalue weighted by Crippen LogP contribution is 2.19. The van der Waals surface area contributed by atoms with Gasteiger partial charge in [0.05, 0.1) is 13.2 Å². The van der Waals surface area contributed by atoms with Crippen molar-refractivity contribution in [1.82, 2.24) is 5.32 Å². The van der Waals surface area contributed by atoms with Gasteiger partial charge >= 0.3 is 5.97 Å². The minimum atomic E-state index is -1.50. The van der Waals surface area contributed by atoms with Crippen LogP contribution in [0.2, 0.25) is 0 Å². The molecule has 0 radical (unpaired) electrons. The molecule has 1 heterocycles. The van der Waals surface area contributed by atoms with Gasteiger partial charge in [0, 0.05) is 0 Å². The van der Waals surface area contributed by atoms with Crippen LogP contribution in [0.25, 0.3) is 0 Å². The number of carboxylic acid groups (broad SMARTS) is 1. The summed E-state index contributed by atoms with van der Waals surface area (Å²) >= 11 is 0. The minimum Gasteiger partial charge on any atom is -0.480 e. The number of aliphatic hydroxyl groups excluding tert-OH is 4. The molecule has 0 aromatic carbocycles. The lowest BCUT2D eigenvalue weighted by Crippen LogP contribution is -2.62. The van der Waals surface area contributed by atoms with Gasteiger partial charge in [-0.1, -0.05) is 0 Å². The van der Waals surface area contributed by atoms with Crippen LogP contribution >= 0.6 is 0 Å². The molecule has 1 fully saturated rings. The fourth-order valence-corrected chi connectivity index (χ4v) is 1.46. The van der Waals surface area contributed by atoms with E-state index >= 15 is 0 Å². The Hall–Kier alpha value is -0.770. The second kappa shape index (κ2) is 5.53. The van der Waals surface area contributed by atoms with Crippen LogP contribution in [-0.4, -0.2) is 75.3 Å². The Morgan fingerprint density at radius 2 is 1.81 bits per heavy atom. The van der Waals surface area contributed by atoms with E-state index in [2.05, 4.69) is 5.32 Å². The molecule has 0 spiro atoms. The average molecular weight is 237 g/mol. The first-order valence-corrected chi connectivity index (χ1v) is 4.73. The molecular weight excluding hydrogens is 222 g/mol. The summed E-state index contributed by atoms with van der Waals surface area (Å²) in [5.41, 5.74) is 0. The zero-order valence-electron chi connectivity index (χ0n) is 8.35. The van der Waals surface area contributed by atoms with E-state index in [1.807, 2.05) is 0 Å². The molecule has 8 heteroatoms. The molecule has 1 unspecified atom stereocenters. The Balaban J connectivity index is 2.60. The van der Waals surface area contributed by atoms with E-state index in [-0.39, 0.29) is 0 Å². The SMILES string of the molecule is O=C(O)CNC1O[C@H](CO)[C@@H](O)[C@H](O)[C@H]1O. The predicted molar refractivity (Wildman–Crippen MR) is 49.4 cm³/mol. The van der Waals surface area contributed by atoms with Crippen molar-refractivity contribution >= 4 is 5.97 Å². The number of aliphatic hydroxyl groups is 4. The molecular formula is C8H15NO7. The fourth-order valence-electron chi connectivity index (χ4n) is 1.46. The number of hydrogen-bond acceptors (Lipinski definition) is 7. The monoisotopic (exact) mass is 237 g/mol. The van der Waals surface area contributed by atoms with Crippen LogP contribution in [0.3, 0.4) is 0 Å². The largest absolute Gasteiger partial charge is 0.480 e. The van der Waals surface area contributed by atoms with Gasteiger partial charge in [-0.3, -0.25) is 10.1 Å². The van der Waals surface area contributed by atoms with E-state index in [0.717, 1.165) is 0 Å². The number of ether oxygens (including phenoxy) is 1. The number of hydrogen-bond donors (Lipinski definition) is 6. The topological polar surface area (TPSA) is 139 Å². The van der Waals surface area contributed by atoms with Crippen LogP contribution in [0.4, 0.5) is 0 Å². The summed E-state index contributed by atoms with van der Waals surface area (Å²) in [6, 6.07) is 0. The van der Waals surface area contributed by atoms with Gasteiger partial charge in [-0.2, -0.15) is 0 Å². The van der Waals surface area contributed by atoms with Gasteiger partial charge < -0.3 is 30.3 Å². The zero-order valence-corrected chi connectivity index (χ0v) is 8.35. The number of carbonyl (C=O) groups is 1. The first-order valence-electron chi connectivity index (χ1n) is 4.73. The molecule has 5 atom stereocenters. The molecule has 1 aliphatic rings. The van der Waals surface area contributed by atoms with Gasteiger partial charge in [0.1, 0.15) is 30.6 Å². The van der Waals surface area contributed by atoms with Crippen molar-refractivity contribution in [3.8, 4) is 0 Å². The van der Waals surface area contributed by atoms with E-state index in [1.54, 1.807) is 0 Å². The molecule has 8 nitrogen and oxygen atoms in total. The molecule has 0 aromatic rings. The van der Waals surface area contributed by atoms with Crippen LogP contribution in [-0.2, 0) is 9.53 Å². The van der Waals surface area contributed by atoms with Crippen molar-refractivity contribution in [2.45, 2.75) is 30.6 Å².